The largest absolute Gasteiger partial charge is 1.00 e. The van der Waals surface area contributed by atoms with Crippen molar-refractivity contribution in [2.45, 2.75) is 17.6 Å². The van der Waals surface area contributed by atoms with Gasteiger partial charge in [0.15, 0.2) is 0 Å². The Bertz CT molecular complexity index is 481. The Kier molecular flexibility index (Phi) is 6.46. The minimum Gasteiger partial charge on any atom is -0.544 e. The standard InChI is InChI=1S/C9H10O6S.K/c1-9(12,8(10)11)15-16(13,14)7-5-3-2-4-6-7;/h2-6,12H,1H3,(H,10,11);/q;+1/p-1. The summed E-state index contributed by atoms with van der Waals surface area (Å²) in [6.07, 6.45) is 0. The van der Waals surface area contributed by atoms with Crippen LogP contribution >= 0.6 is 0 Å². The Hall–Kier alpha value is 0.196. The summed E-state index contributed by atoms with van der Waals surface area (Å²) in [5, 5.41) is 19.5. The molecule has 0 radical (unpaired) electrons. The number of rotatable bonds is 4. The maximum Gasteiger partial charge on any atom is 1.00 e. The fourth-order valence-electron chi connectivity index (χ4n) is 0.883. The van der Waals surface area contributed by atoms with Gasteiger partial charge in [-0.25, -0.2) is 4.18 Å². The molecule has 0 fully saturated rings. The summed E-state index contributed by atoms with van der Waals surface area (Å²) < 4.78 is 27.1. The quantitative estimate of drug-likeness (QED) is 0.342. The molecule has 88 valence electrons. The van der Waals surface area contributed by atoms with E-state index in [4.69, 9.17) is 5.11 Å². The van der Waals surface area contributed by atoms with Gasteiger partial charge in [-0.15, -0.1) is 0 Å². The van der Waals surface area contributed by atoms with Crippen molar-refractivity contribution >= 4 is 16.1 Å². The Morgan fingerprint density at radius 2 is 1.82 bits per heavy atom. The van der Waals surface area contributed by atoms with Gasteiger partial charge >= 0.3 is 51.4 Å². The Morgan fingerprint density at radius 1 is 1.35 bits per heavy atom. The number of carboxylic acids is 1. The van der Waals surface area contributed by atoms with E-state index < -0.39 is 21.9 Å². The van der Waals surface area contributed by atoms with Gasteiger partial charge in [0, 0.05) is 0 Å². The first-order valence-electron chi connectivity index (χ1n) is 4.20. The van der Waals surface area contributed by atoms with Gasteiger partial charge in [-0.2, -0.15) is 8.42 Å². The van der Waals surface area contributed by atoms with Crippen molar-refractivity contribution in [2.75, 3.05) is 0 Å². The van der Waals surface area contributed by atoms with Gasteiger partial charge in [-0.1, -0.05) is 18.2 Å². The molecule has 0 aliphatic heterocycles. The van der Waals surface area contributed by atoms with E-state index in [9.17, 15) is 18.3 Å². The zero-order chi connectivity index (χ0) is 12.4. The van der Waals surface area contributed by atoms with E-state index in [0.717, 1.165) is 0 Å². The van der Waals surface area contributed by atoms with Crippen LogP contribution in [0.5, 0.6) is 0 Å². The predicted molar refractivity (Wildman–Crippen MR) is 50.3 cm³/mol. The Labute approximate surface area is 141 Å². The monoisotopic (exact) mass is 284 g/mol. The van der Waals surface area contributed by atoms with Crippen LogP contribution in [0.2, 0.25) is 0 Å². The minimum atomic E-state index is -4.33. The van der Waals surface area contributed by atoms with E-state index >= 15 is 0 Å². The van der Waals surface area contributed by atoms with Crippen molar-refractivity contribution in [1.82, 2.24) is 0 Å². The number of hydrogen-bond acceptors (Lipinski definition) is 6. The van der Waals surface area contributed by atoms with E-state index in [2.05, 4.69) is 4.18 Å². The first-order chi connectivity index (χ1) is 7.26. The van der Waals surface area contributed by atoms with Gasteiger partial charge in [0.2, 0.25) is 5.79 Å². The number of benzene rings is 1. The summed E-state index contributed by atoms with van der Waals surface area (Å²) in [5.74, 6) is -4.93. The molecule has 1 atom stereocenters. The first-order valence-corrected chi connectivity index (χ1v) is 5.61. The Balaban J connectivity index is 0.00000256. The van der Waals surface area contributed by atoms with Gasteiger partial charge in [0.25, 0.3) is 10.1 Å². The number of carboxylic acid groups (broad SMARTS) is 1. The second-order valence-corrected chi connectivity index (χ2v) is 4.67. The molecule has 1 N–H and O–H groups in total. The van der Waals surface area contributed by atoms with Crippen molar-refractivity contribution in [2.24, 2.45) is 0 Å². The summed E-state index contributed by atoms with van der Waals surface area (Å²) in [6.45, 7) is 0.669. The maximum absolute atomic E-state index is 11.5. The van der Waals surface area contributed by atoms with E-state index in [0.29, 0.717) is 6.92 Å². The molecule has 0 spiro atoms. The van der Waals surface area contributed by atoms with Crippen LogP contribution in [0.25, 0.3) is 0 Å². The summed E-state index contributed by atoms with van der Waals surface area (Å²) >= 11 is 0. The molecule has 0 saturated heterocycles. The van der Waals surface area contributed by atoms with Crippen LogP contribution in [0, 0.1) is 0 Å². The topological polar surface area (TPSA) is 104 Å². The SMILES string of the molecule is CC(O)(OS(=O)(=O)c1ccccc1)C(=O)[O-].[K+]. The third-order valence-corrected chi connectivity index (χ3v) is 3.08. The zero-order valence-corrected chi connectivity index (χ0v) is 13.2. The van der Waals surface area contributed by atoms with E-state index in [1.807, 2.05) is 0 Å². The first kappa shape index (κ1) is 17.2. The van der Waals surface area contributed by atoms with Crippen LogP contribution in [0.4, 0.5) is 0 Å². The van der Waals surface area contributed by atoms with Crippen molar-refractivity contribution in [3.05, 3.63) is 30.3 Å². The predicted octanol–water partition coefficient (Wildman–Crippen LogP) is -4.15. The van der Waals surface area contributed by atoms with Crippen molar-refractivity contribution in [3.63, 3.8) is 0 Å². The van der Waals surface area contributed by atoms with Crippen molar-refractivity contribution in [3.8, 4) is 0 Å². The van der Waals surface area contributed by atoms with Crippen molar-refractivity contribution in [1.29, 1.82) is 0 Å². The molecule has 0 heterocycles. The number of hydrogen-bond donors (Lipinski definition) is 1. The molecule has 0 saturated carbocycles. The van der Waals surface area contributed by atoms with Crippen molar-refractivity contribution < 1.29 is 79.0 Å². The normalized spacial score (nSPS) is 14.5. The van der Waals surface area contributed by atoms with Gasteiger partial charge in [-0.3, -0.25) is 0 Å². The van der Waals surface area contributed by atoms with Gasteiger partial charge < -0.3 is 15.0 Å². The van der Waals surface area contributed by atoms with Crippen LogP contribution < -0.4 is 56.5 Å². The van der Waals surface area contributed by atoms with Crippen LogP contribution in [-0.2, 0) is 19.1 Å². The number of carbonyl (C=O) groups excluding carboxylic acids is 1. The summed E-state index contributed by atoms with van der Waals surface area (Å²) in [4.78, 5) is 10.1. The molecule has 0 aliphatic rings. The van der Waals surface area contributed by atoms with Gasteiger partial charge in [0.05, 0.1) is 4.90 Å². The molecule has 0 amide bonds. The smallest absolute Gasteiger partial charge is 0.544 e. The summed E-state index contributed by atoms with van der Waals surface area (Å²) in [6, 6.07) is 6.87. The molecule has 8 heteroatoms. The molecule has 1 unspecified atom stereocenters. The molecule has 17 heavy (non-hydrogen) atoms. The number of carbonyl (C=O) groups is 1. The molecule has 0 aromatic heterocycles. The van der Waals surface area contributed by atoms with E-state index in [1.54, 1.807) is 6.07 Å². The minimum absolute atomic E-state index is 0. The van der Waals surface area contributed by atoms with Gasteiger partial charge in [-0.05, 0) is 19.1 Å². The number of aliphatic hydroxyl groups is 1. The zero-order valence-electron chi connectivity index (χ0n) is 9.28. The third kappa shape index (κ3) is 4.76. The van der Waals surface area contributed by atoms with Crippen LogP contribution in [0.1, 0.15) is 6.92 Å². The molecular formula is C9H9KO6S. The van der Waals surface area contributed by atoms with Gasteiger partial charge in [0.1, 0.15) is 5.97 Å². The second kappa shape index (κ2) is 6.39. The number of aliphatic carboxylic acids is 1. The Morgan fingerprint density at radius 3 is 2.24 bits per heavy atom. The average Bonchev–Trinajstić information content (AvgIpc) is 2.17. The molecule has 1 aromatic rings. The van der Waals surface area contributed by atoms with E-state index in [1.165, 1.54) is 24.3 Å². The van der Waals surface area contributed by atoms with Crippen LogP contribution in [0.15, 0.2) is 35.2 Å². The molecule has 1 aromatic carbocycles. The molecule has 0 aliphatic carbocycles. The fourth-order valence-corrected chi connectivity index (χ4v) is 1.96. The molecule has 0 bridgehead atoms. The molecule has 1 rings (SSSR count). The average molecular weight is 284 g/mol. The molecular weight excluding hydrogens is 275 g/mol. The van der Waals surface area contributed by atoms with E-state index in [-0.39, 0.29) is 56.3 Å². The summed E-state index contributed by atoms with van der Waals surface area (Å²) in [7, 11) is -4.33. The van der Waals surface area contributed by atoms with Crippen LogP contribution in [0.3, 0.4) is 0 Å². The second-order valence-electron chi connectivity index (χ2n) is 3.12. The summed E-state index contributed by atoms with van der Waals surface area (Å²) in [5.41, 5.74) is 0. The van der Waals surface area contributed by atoms with Crippen LogP contribution in [-0.4, -0.2) is 25.3 Å². The third-order valence-electron chi connectivity index (χ3n) is 1.68. The molecule has 6 nitrogen and oxygen atoms in total. The fraction of sp³-hybridized carbons (Fsp3) is 0.222. The maximum atomic E-state index is 11.5.